The summed E-state index contributed by atoms with van der Waals surface area (Å²) in [5.74, 6) is -0.391. The van der Waals surface area contributed by atoms with Crippen molar-refractivity contribution in [3.8, 4) is 0 Å². The molecule has 1 amide bonds. The molecule has 1 aliphatic heterocycles. The number of hydrogen-bond donors (Lipinski definition) is 1. The van der Waals surface area contributed by atoms with Gasteiger partial charge in [-0.15, -0.1) is 0 Å². The van der Waals surface area contributed by atoms with Gasteiger partial charge in [-0.1, -0.05) is 0 Å². The molecule has 4 nitrogen and oxygen atoms in total. The molecule has 0 aliphatic carbocycles. The molecule has 1 unspecified atom stereocenters. The van der Waals surface area contributed by atoms with Gasteiger partial charge in [-0.05, 0) is 43.5 Å². The molecule has 0 spiro atoms. The Morgan fingerprint density at radius 2 is 2.04 bits per heavy atom. The van der Waals surface area contributed by atoms with Crippen LogP contribution in [-0.2, 0) is 15.7 Å². The maximum Gasteiger partial charge on any atom is 0.416 e. The van der Waals surface area contributed by atoms with E-state index >= 15 is 0 Å². The topological polar surface area (TPSA) is 47.6 Å². The molecule has 1 atom stereocenters. The summed E-state index contributed by atoms with van der Waals surface area (Å²) in [4.78, 5) is 11.8. The number of ether oxygens (including phenoxy) is 2. The summed E-state index contributed by atoms with van der Waals surface area (Å²) in [7, 11) is 0. The van der Waals surface area contributed by atoms with Crippen molar-refractivity contribution in [3.63, 3.8) is 0 Å². The fraction of sp³-hybridized carbons (Fsp3) is 0.562. The first kappa shape index (κ1) is 17.7. The molecule has 1 fully saturated rings. The molecule has 23 heavy (non-hydrogen) atoms. The number of amides is 1. The first-order valence-corrected chi connectivity index (χ1v) is 7.61. The molecule has 0 bridgehead atoms. The molecular weight excluding hydrogens is 311 g/mol. The zero-order valence-corrected chi connectivity index (χ0v) is 12.7. The summed E-state index contributed by atoms with van der Waals surface area (Å²) in [6.07, 6.45) is -1.49. The van der Waals surface area contributed by atoms with Crippen molar-refractivity contribution in [1.29, 1.82) is 0 Å². The minimum atomic E-state index is -4.39. The number of carbonyl (C=O) groups excluding carboxylic acids is 1. The number of nitrogens with one attached hydrogen (secondary N) is 1. The van der Waals surface area contributed by atoms with Crippen molar-refractivity contribution >= 4 is 5.91 Å². The minimum absolute atomic E-state index is 0.178. The van der Waals surface area contributed by atoms with Crippen LogP contribution in [0.4, 0.5) is 13.2 Å². The molecule has 1 aromatic rings. The predicted molar refractivity (Wildman–Crippen MR) is 78.2 cm³/mol. The normalized spacial score (nSPS) is 18.1. The Hall–Kier alpha value is -1.60. The fourth-order valence-corrected chi connectivity index (χ4v) is 2.28. The number of rotatable bonds is 7. The van der Waals surface area contributed by atoms with E-state index in [2.05, 4.69) is 5.32 Å². The van der Waals surface area contributed by atoms with Crippen LogP contribution in [0.5, 0.6) is 0 Å². The Labute approximate surface area is 133 Å². The number of benzene rings is 1. The van der Waals surface area contributed by atoms with Crippen LogP contribution in [0.1, 0.15) is 35.2 Å². The first-order valence-electron chi connectivity index (χ1n) is 7.61. The van der Waals surface area contributed by atoms with Crippen molar-refractivity contribution in [2.45, 2.75) is 31.5 Å². The Balaban J connectivity index is 1.62. The quantitative estimate of drug-likeness (QED) is 0.781. The molecular formula is C16H20F3NO3. The molecule has 0 saturated carbocycles. The average Bonchev–Trinajstić information content (AvgIpc) is 3.03. The maximum atomic E-state index is 12.4. The van der Waals surface area contributed by atoms with Crippen LogP contribution >= 0.6 is 0 Å². The van der Waals surface area contributed by atoms with E-state index in [0.717, 1.165) is 31.6 Å². The highest BCUT2D eigenvalue weighted by Crippen LogP contribution is 2.29. The Bertz CT molecular complexity index is 496. The van der Waals surface area contributed by atoms with Crippen molar-refractivity contribution in [2.75, 3.05) is 26.4 Å². The predicted octanol–water partition coefficient (Wildman–Crippen LogP) is 3.02. The third-order valence-electron chi connectivity index (χ3n) is 3.55. The molecule has 1 saturated heterocycles. The van der Waals surface area contributed by atoms with Gasteiger partial charge in [0.2, 0.25) is 0 Å². The lowest BCUT2D eigenvalue weighted by molar-refractivity contribution is -0.137. The highest BCUT2D eigenvalue weighted by molar-refractivity contribution is 5.94. The van der Waals surface area contributed by atoms with E-state index < -0.39 is 17.6 Å². The molecule has 128 valence electrons. The Morgan fingerprint density at radius 1 is 1.30 bits per heavy atom. The van der Waals surface area contributed by atoms with Crippen molar-refractivity contribution in [2.24, 2.45) is 0 Å². The highest BCUT2D eigenvalue weighted by atomic mass is 19.4. The molecule has 0 radical (unpaired) electrons. The van der Waals surface area contributed by atoms with Crippen molar-refractivity contribution in [1.82, 2.24) is 5.32 Å². The largest absolute Gasteiger partial charge is 0.416 e. The summed E-state index contributed by atoms with van der Waals surface area (Å²) in [5, 5.41) is 2.65. The Kier molecular flexibility index (Phi) is 6.41. The monoisotopic (exact) mass is 331 g/mol. The standard InChI is InChI=1S/C16H20F3NO3/c17-16(18,19)13-6-4-12(5-7-13)15(21)20-8-2-9-22-11-14-3-1-10-23-14/h4-7,14H,1-3,8-11H2,(H,20,21). The first-order chi connectivity index (χ1) is 11.0. The van der Waals surface area contributed by atoms with Gasteiger partial charge >= 0.3 is 6.18 Å². The van der Waals surface area contributed by atoms with Gasteiger partial charge in [-0.3, -0.25) is 4.79 Å². The van der Waals surface area contributed by atoms with Crippen LogP contribution in [0.3, 0.4) is 0 Å². The van der Waals surface area contributed by atoms with Crippen molar-refractivity contribution < 1.29 is 27.4 Å². The highest BCUT2D eigenvalue weighted by Gasteiger charge is 2.30. The maximum absolute atomic E-state index is 12.4. The number of carbonyl (C=O) groups is 1. The van der Waals surface area contributed by atoms with E-state index in [0.29, 0.717) is 26.2 Å². The summed E-state index contributed by atoms with van der Waals surface area (Å²) in [5.41, 5.74) is -0.560. The molecule has 0 aromatic heterocycles. The lowest BCUT2D eigenvalue weighted by Gasteiger charge is -2.10. The summed E-state index contributed by atoms with van der Waals surface area (Å²) in [6.45, 7) is 2.27. The smallest absolute Gasteiger partial charge is 0.379 e. The summed E-state index contributed by atoms with van der Waals surface area (Å²) >= 11 is 0. The van der Waals surface area contributed by atoms with E-state index in [4.69, 9.17) is 9.47 Å². The third kappa shape index (κ3) is 5.84. The second-order valence-corrected chi connectivity index (χ2v) is 5.39. The average molecular weight is 331 g/mol. The summed E-state index contributed by atoms with van der Waals surface area (Å²) in [6, 6.07) is 4.15. The van der Waals surface area contributed by atoms with Gasteiger partial charge in [-0.2, -0.15) is 13.2 Å². The van der Waals surface area contributed by atoms with Gasteiger partial charge in [0.05, 0.1) is 18.3 Å². The van der Waals surface area contributed by atoms with Crippen LogP contribution < -0.4 is 5.32 Å². The second-order valence-electron chi connectivity index (χ2n) is 5.39. The van der Waals surface area contributed by atoms with Gasteiger partial charge < -0.3 is 14.8 Å². The van der Waals surface area contributed by atoms with Crippen molar-refractivity contribution in [3.05, 3.63) is 35.4 Å². The molecule has 1 aliphatic rings. The van der Waals surface area contributed by atoms with E-state index in [1.807, 2.05) is 0 Å². The third-order valence-corrected chi connectivity index (χ3v) is 3.55. The van der Waals surface area contributed by atoms with E-state index in [9.17, 15) is 18.0 Å². The molecule has 1 N–H and O–H groups in total. The van der Waals surface area contributed by atoms with E-state index in [1.165, 1.54) is 12.1 Å². The van der Waals surface area contributed by atoms with Gasteiger partial charge in [0.1, 0.15) is 0 Å². The lowest BCUT2D eigenvalue weighted by Crippen LogP contribution is -2.25. The van der Waals surface area contributed by atoms with Gasteiger partial charge in [0.25, 0.3) is 5.91 Å². The van der Waals surface area contributed by atoms with Crippen LogP contribution in [0.15, 0.2) is 24.3 Å². The van der Waals surface area contributed by atoms with Gasteiger partial charge in [0, 0.05) is 25.3 Å². The Morgan fingerprint density at radius 3 is 2.65 bits per heavy atom. The zero-order chi connectivity index (χ0) is 16.7. The second kappa shape index (κ2) is 8.31. The molecule has 1 heterocycles. The molecule has 2 rings (SSSR count). The van der Waals surface area contributed by atoms with Gasteiger partial charge in [0.15, 0.2) is 0 Å². The molecule has 7 heteroatoms. The number of halogens is 3. The zero-order valence-electron chi connectivity index (χ0n) is 12.7. The van der Waals surface area contributed by atoms with Gasteiger partial charge in [-0.25, -0.2) is 0 Å². The van der Waals surface area contributed by atoms with E-state index in [-0.39, 0.29) is 11.7 Å². The van der Waals surface area contributed by atoms with Crippen LogP contribution in [0, 0.1) is 0 Å². The van der Waals surface area contributed by atoms with Crippen LogP contribution in [-0.4, -0.2) is 38.4 Å². The van der Waals surface area contributed by atoms with Crippen LogP contribution in [0.2, 0.25) is 0 Å². The van der Waals surface area contributed by atoms with E-state index in [1.54, 1.807) is 0 Å². The number of hydrogen-bond acceptors (Lipinski definition) is 3. The fourth-order valence-electron chi connectivity index (χ4n) is 2.28. The SMILES string of the molecule is O=C(NCCCOCC1CCCO1)c1ccc(C(F)(F)F)cc1. The molecule has 1 aromatic carbocycles. The lowest BCUT2D eigenvalue weighted by atomic mass is 10.1. The van der Waals surface area contributed by atoms with Crippen LogP contribution in [0.25, 0.3) is 0 Å². The minimum Gasteiger partial charge on any atom is -0.379 e. The number of alkyl halides is 3. The summed E-state index contributed by atoms with van der Waals surface area (Å²) < 4.78 is 48.2.